The van der Waals surface area contributed by atoms with Crippen molar-refractivity contribution in [1.82, 2.24) is 38.0 Å². The highest BCUT2D eigenvalue weighted by atomic mass is 32.1. The van der Waals surface area contributed by atoms with Crippen molar-refractivity contribution in [3.63, 3.8) is 0 Å². The van der Waals surface area contributed by atoms with E-state index in [4.69, 9.17) is 19.9 Å². The summed E-state index contributed by atoms with van der Waals surface area (Å²) in [5.41, 5.74) is 12.8. The fourth-order valence-corrected chi connectivity index (χ4v) is 13.7. The molecule has 16 rings (SSSR count). The van der Waals surface area contributed by atoms with Crippen LogP contribution in [0.2, 0.25) is 0 Å². The molecule has 1 N–H and O–H groups in total. The summed E-state index contributed by atoms with van der Waals surface area (Å²) in [4.78, 5) is 39.6. The molecule has 3 aliphatic heterocycles. The Morgan fingerprint density at radius 1 is 0.552 bits per heavy atom. The van der Waals surface area contributed by atoms with Crippen LogP contribution in [-0.2, 0) is 13.1 Å². The van der Waals surface area contributed by atoms with Gasteiger partial charge < -0.3 is 14.2 Å². The first-order chi connectivity index (χ1) is 28.6. The minimum Gasteiger partial charge on any atom is -0.369 e. The van der Waals surface area contributed by atoms with Crippen molar-refractivity contribution >= 4 is 125 Å². The second-order valence-corrected chi connectivity index (χ2v) is 19.1. The van der Waals surface area contributed by atoms with Crippen LogP contribution in [0.1, 0.15) is 22.9 Å². The van der Waals surface area contributed by atoms with Crippen LogP contribution >= 0.6 is 45.3 Å². The van der Waals surface area contributed by atoms with Gasteiger partial charge >= 0.3 is 0 Å². The summed E-state index contributed by atoms with van der Waals surface area (Å²) >= 11 is 6.44. The van der Waals surface area contributed by atoms with Gasteiger partial charge in [0.15, 0.2) is 11.9 Å². The van der Waals surface area contributed by atoms with Crippen molar-refractivity contribution in [3.05, 3.63) is 109 Å². The lowest BCUT2D eigenvalue weighted by atomic mass is 9.80. The monoisotopic (exact) mass is 820 g/mol. The number of aliphatic hydroxyl groups excluding tert-OH is 1. The first-order valence-electron chi connectivity index (χ1n) is 18.9. The smallest absolute Gasteiger partial charge is 0.264 e. The Morgan fingerprint density at radius 3 is 2.03 bits per heavy atom. The predicted octanol–water partition coefficient (Wildman–Crippen LogP) is 10.3. The van der Waals surface area contributed by atoms with Crippen LogP contribution in [0.5, 0.6) is 0 Å². The number of benzene rings is 4. The predicted molar refractivity (Wildman–Crippen MR) is 234 cm³/mol. The highest BCUT2D eigenvalue weighted by molar-refractivity contribution is 7.17. The normalized spacial score (nSPS) is 15.4. The average molecular weight is 821 g/mol. The largest absolute Gasteiger partial charge is 0.369 e. The van der Waals surface area contributed by atoms with Gasteiger partial charge in [-0.1, -0.05) is 18.2 Å². The number of fused-ring (bicyclic) bond motifs is 16. The molecule has 0 saturated carbocycles. The molecule has 14 heteroatoms. The maximum absolute atomic E-state index is 14.8. The molecule has 0 aliphatic carbocycles. The van der Waals surface area contributed by atoms with Crippen LogP contribution in [0.15, 0.2) is 87.0 Å². The second kappa shape index (κ2) is 9.69. The molecule has 0 amide bonds. The van der Waals surface area contributed by atoms with Crippen molar-refractivity contribution < 1.29 is 5.11 Å². The lowest BCUT2D eigenvalue weighted by Gasteiger charge is -2.30. The lowest BCUT2D eigenvalue weighted by molar-refractivity contribution is 0.152. The first-order valence-corrected chi connectivity index (χ1v) is 22.4. The molecule has 4 aromatic carbocycles. The minimum atomic E-state index is -0.971. The molecule has 9 aromatic heterocycles. The van der Waals surface area contributed by atoms with Gasteiger partial charge in [-0.05, 0) is 97.0 Å². The van der Waals surface area contributed by atoms with Crippen LogP contribution in [-0.4, -0.2) is 43.1 Å². The summed E-state index contributed by atoms with van der Waals surface area (Å²) in [6.45, 7) is 1.39. The molecule has 272 valence electrons. The molecule has 13 aromatic rings. The van der Waals surface area contributed by atoms with Crippen LogP contribution in [0.25, 0.3) is 125 Å². The van der Waals surface area contributed by atoms with E-state index in [0.29, 0.717) is 29.9 Å². The fourth-order valence-electron chi connectivity index (χ4n) is 10.7. The first kappa shape index (κ1) is 29.9. The van der Waals surface area contributed by atoms with Crippen molar-refractivity contribution in [3.8, 4) is 45.3 Å². The van der Waals surface area contributed by atoms with Crippen LogP contribution in [0, 0.1) is 0 Å². The number of hydrogen-bond acceptors (Lipinski definition) is 10. The van der Waals surface area contributed by atoms with Gasteiger partial charge in [-0.3, -0.25) is 13.8 Å². The van der Waals surface area contributed by atoms with Gasteiger partial charge in [-0.2, -0.15) is 0 Å². The van der Waals surface area contributed by atoms with E-state index in [-0.39, 0.29) is 5.56 Å². The van der Waals surface area contributed by atoms with Gasteiger partial charge in [0.2, 0.25) is 0 Å². The maximum atomic E-state index is 14.8. The van der Waals surface area contributed by atoms with Crippen molar-refractivity contribution in [2.45, 2.75) is 19.3 Å². The van der Waals surface area contributed by atoms with Crippen molar-refractivity contribution in [2.24, 2.45) is 0 Å². The van der Waals surface area contributed by atoms with Gasteiger partial charge in [-0.15, -0.1) is 45.3 Å². The Morgan fingerprint density at radius 2 is 1.22 bits per heavy atom. The highest BCUT2D eigenvalue weighted by Crippen LogP contribution is 2.54. The molecule has 1 unspecified atom stereocenters. The van der Waals surface area contributed by atoms with E-state index >= 15 is 0 Å². The van der Waals surface area contributed by atoms with E-state index in [0.717, 1.165) is 103 Å². The van der Waals surface area contributed by atoms with Crippen LogP contribution < -0.4 is 5.56 Å². The van der Waals surface area contributed by atoms with Gasteiger partial charge in [0.05, 0.1) is 35.2 Å². The maximum Gasteiger partial charge on any atom is 0.264 e. The molecule has 58 heavy (non-hydrogen) atoms. The molecular formula is C44H20N8O2S4. The fraction of sp³-hybridized carbons (Fsp3) is 0.0682. The van der Waals surface area contributed by atoms with Crippen molar-refractivity contribution in [2.75, 3.05) is 0 Å². The molecule has 0 spiro atoms. The number of pyridine rings is 1. The Bertz CT molecular complexity index is 4170. The summed E-state index contributed by atoms with van der Waals surface area (Å²) in [7, 11) is 0. The Balaban J connectivity index is 1.15. The summed E-state index contributed by atoms with van der Waals surface area (Å²) in [5, 5.41) is 26.0. The SMILES string of the molecule is O=c1c2ccc3c4c(cc(-c5cc6c7c(ccc8c7c5-c5nc7sccc7n5C8)-c5nc7sccc7n5C6)c(c42)c2nc4sccc4n12)-c1nc2sccc2n1C3O. The van der Waals surface area contributed by atoms with E-state index in [2.05, 4.69) is 56.3 Å². The number of hydrogen-bond donors (Lipinski definition) is 1. The summed E-state index contributed by atoms with van der Waals surface area (Å²) in [6.07, 6.45) is -0.971. The van der Waals surface area contributed by atoms with Gasteiger partial charge in [0.1, 0.15) is 36.8 Å². The van der Waals surface area contributed by atoms with E-state index in [1.54, 1.807) is 38.4 Å². The minimum absolute atomic E-state index is 0.118. The van der Waals surface area contributed by atoms with E-state index in [1.165, 1.54) is 33.2 Å². The van der Waals surface area contributed by atoms with Crippen LogP contribution in [0.3, 0.4) is 0 Å². The Kier molecular flexibility index (Phi) is 4.99. The molecule has 12 heterocycles. The zero-order chi connectivity index (χ0) is 37.4. The second-order valence-electron chi connectivity index (χ2n) is 15.5. The van der Waals surface area contributed by atoms with Crippen molar-refractivity contribution in [1.29, 1.82) is 0 Å². The van der Waals surface area contributed by atoms with Gasteiger partial charge in [-0.25, -0.2) is 19.9 Å². The lowest BCUT2D eigenvalue weighted by Crippen LogP contribution is -2.19. The topological polar surface area (TPSA) is 108 Å². The molecule has 1 atom stereocenters. The zero-order valence-electron chi connectivity index (χ0n) is 29.6. The molecule has 3 aliphatic rings. The number of aromatic nitrogens is 8. The van der Waals surface area contributed by atoms with E-state index < -0.39 is 6.23 Å². The average Bonchev–Trinajstić information content (AvgIpc) is 4.08. The summed E-state index contributed by atoms with van der Waals surface area (Å²) in [5.74, 6) is 2.63. The van der Waals surface area contributed by atoms with Gasteiger partial charge in [0.25, 0.3) is 5.56 Å². The Labute approximate surface area is 339 Å². The third-order valence-corrected chi connectivity index (χ3v) is 16.1. The number of rotatable bonds is 1. The van der Waals surface area contributed by atoms with E-state index in [9.17, 15) is 9.90 Å². The molecule has 10 nitrogen and oxygen atoms in total. The molecule has 0 bridgehead atoms. The van der Waals surface area contributed by atoms with Crippen LogP contribution in [0.4, 0.5) is 0 Å². The third-order valence-electron chi connectivity index (χ3n) is 13.0. The molecule has 0 fully saturated rings. The third kappa shape index (κ3) is 3.21. The number of aliphatic hydroxyl groups is 1. The molecule has 0 radical (unpaired) electrons. The molecule has 0 saturated heterocycles. The molecular weight excluding hydrogens is 801 g/mol. The zero-order valence-corrected chi connectivity index (χ0v) is 32.9. The van der Waals surface area contributed by atoms with Gasteiger partial charge in [0, 0.05) is 43.8 Å². The van der Waals surface area contributed by atoms with E-state index in [1.807, 2.05) is 39.6 Å². The number of thiophene rings is 4. The quantitative estimate of drug-likeness (QED) is 0.177. The number of nitrogens with zero attached hydrogens (tertiary/aromatic N) is 8. The standard InChI is InChI=1S/C44H20N8O2S4/c53-43-20-3-4-21-32-31(20)24(36-46-41-27(51(36)43)7-11-57-41)14-23(34(32)38-48-42-28(8-12-58-42)52(38)44(21)54)22-13-18-16-49-25-5-9-55-39(25)45-35(49)19-2-1-17-15-50-26-6-10-56-40(26)47-37(50)33(22)30(17)29(18)19/h1-14,43,53H,15-16H2. The summed E-state index contributed by atoms with van der Waals surface area (Å²) < 4.78 is 8.47. The highest BCUT2D eigenvalue weighted by Gasteiger charge is 2.36. The summed E-state index contributed by atoms with van der Waals surface area (Å²) in [6, 6.07) is 21.4. The number of imidazole rings is 4. The Hall–Kier alpha value is -6.29.